The fourth-order valence-electron chi connectivity index (χ4n) is 3.02. The molecule has 6 heteroatoms. The number of amides is 1. The second kappa shape index (κ2) is 9.54. The summed E-state index contributed by atoms with van der Waals surface area (Å²) < 4.78 is 1.13. The van der Waals surface area contributed by atoms with Gasteiger partial charge in [-0.25, -0.2) is 4.98 Å². The summed E-state index contributed by atoms with van der Waals surface area (Å²) in [4.78, 5) is 23.3. The van der Waals surface area contributed by atoms with Gasteiger partial charge < -0.3 is 4.90 Å². The molecule has 0 saturated heterocycles. The van der Waals surface area contributed by atoms with Gasteiger partial charge in [0.15, 0.2) is 5.13 Å². The van der Waals surface area contributed by atoms with E-state index in [-0.39, 0.29) is 5.91 Å². The number of carbonyl (C=O) groups is 1. The van der Waals surface area contributed by atoms with E-state index in [1.165, 1.54) is 5.56 Å². The molecule has 148 valence electrons. The highest BCUT2D eigenvalue weighted by Crippen LogP contribution is 2.32. The van der Waals surface area contributed by atoms with E-state index in [9.17, 15) is 4.79 Å². The average Bonchev–Trinajstić information content (AvgIpc) is 3.12. The molecule has 0 aliphatic carbocycles. The number of carbonyl (C=O) groups excluding carboxylic acids is 1. The molecule has 1 heterocycles. The summed E-state index contributed by atoms with van der Waals surface area (Å²) in [6, 6.07) is 14.2. The van der Waals surface area contributed by atoms with Gasteiger partial charge in [0.2, 0.25) is 0 Å². The Kier molecular flexibility index (Phi) is 7.10. The smallest absolute Gasteiger partial charge is 0.260 e. The van der Waals surface area contributed by atoms with Crippen molar-refractivity contribution in [1.29, 1.82) is 0 Å². The summed E-state index contributed by atoms with van der Waals surface area (Å²) in [5.74, 6) is 0.997. The van der Waals surface area contributed by atoms with Crippen molar-refractivity contribution in [3.05, 3.63) is 53.6 Å². The first-order chi connectivity index (χ1) is 13.5. The van der Waals surface area contributed by atoms with Crippen LogP contribution >= 0.6 is 23.1 Å². The number of aromatic nitrogens is 1. The second-order valence-corrected chi connectivity index (χ2v) is 9.18. The third kappa shape index (κ3) is 4.74. The van der Waals surface area contributed by atoms with Crippen molar-refractivity contribution in [3.8, 4) is 0 Å². The van der Waals surface area contributed by atoms with Gasteiger partial charge in [-0.2, -0.15) is 0 Å². The van der Waals surface area contributed by atoms with Crippen molar-refractivity contribution in [2.24, 2.45) is 0 Å². The number of rotatable bonds is 8. The second-order valence-electron chi connectivity index (χ2n) is 6.83. The summed E-state index contributed by atoms with van der Waals surface area (Å²) in [5.41, 5.74) is 2.96. The molecule has 0 atom stereocenters. The van der Waals surface area contributed by atoms with Gasteiger partial charge in [0.1, 0.15) is 0 Å². The standard InChI is InChI=1S/C22H27N3OS2/c1-5-16-9-8-12-19-20(16)23-22(28-19)25(14-13-24(3)4)21(26)17-10-7-11-18(15-17)27-6-2/h7-12,15H,5-6,13-14H2,1-4H3. The van der Waals surface area contributed by atoms with E-state index in [1.807, 2.05) is 37.2 Å². The van der Waals surface area contributed by atoms with Gasteiger partial charge in [-0.1, -0.05) is 43.4 Å². The summed E-state index contributed by atoms with van der Waals surface area (Å²) in [7, 11) is 4.05. The Morgan fingerprint density at radius 2 is 1.89 bits per heavy atom. The van der Waals surface area contributed by atoms with Crippen LogP contribution in [0.25, 0.3) is 10.2 Å². The van der Waals surface area contributed by atoms with Gasteiger partial charge in [-0.05, 0) is 56.1 Å². The molecule has 1 amide bonds. The van der Waals surface area contributed by atoms with Crippen molar-refractivity contribution in [3.63, 3.8) is 0 Å². The number of benzene rings is 2. The Bertz CT molecular complexity index is 952. The van der Waals surface area contributed by atoms with Crippen LogP contribution in [0.15, 0.2) is 47.4 Å². The molecule has 0 aliphatic heterocycles. The monoisotopic (exact) mass is 413 g/mol. The van der Waals surface area contributed by atoms with E-state index < -0.39 is 0 Å². The highest BCUT2D eigenvalue weighted by Gasteiger charge is 2.22. The number of likely N-dealkylation sites (N-methyl/N-ethyl adjacent to an activating group) is 1. The largest absolute Gasteiger partial charge is 0.308 e. The zero-order chi connectivity index (χ0) is 20.1. The van der Waals surface area contributed by atoms with Crippen LogP contribution in [0.5, 0.6) is 0 Å². The zero-order valence-corrected chi connectivity index (χ0v) is 18.6. The zero-order valence-electron chi connectivity index (χ0n) is 16.9. The van der Waals surface area contributed by atoms with E-state index >= 15 is 0 Å². The van der Waals surface area contributed by atoms with E-state index in [0.717, 1.165) is 39.0 Å². The van der Waals surface area contributed by atoms with Crippen molar-refractivity contribution in [2.75, 3.05) is 37.8 Å². The maximum absolute atomic E-state index is 13.4. The molecule has 0 saturated carbocycles. The maximum Gasteiger partial charge on any atom is 0.260 e. The average molecular weight is 414 g/mol. The maximum atomic E-state index is 13.4. The van der Waals surface area contributed by atoms with Crippen molar-refractivity contribution >= 4 is 44.4 Å². The van der Waals surface area contributed by atoms with Gasteiger partial charge in [-0.3, -0.25) is 9.69 Å². The van der Waals surface area contributed by atoms with E-state index in [2.05, 4.69) is 43.0 Å². The minimum absolute atomic E-state index is 0.0116. The van der Waals surface area contributed by atoms with Crippen LogP contribution in [-0.4, -0.2) is 48.7 Å². The van der Waals surface area contributed by atoms with E-state index in [1.54, 1.807) is 23.1 Å². The number of nitrogens with zero attached hydrogens (tertiary/aromatic N) is 3. The van der Waals surface area contributed by atoms with Gasteiger partial charge in [-0.15, -0.1) is 11.8 Å². The van der Waals surface area contributed by atoms with Crippen LogP contribution < -0.4 is 4.90 Å². The molecule has 4 nitrogen and oxygen atoms in total. The molecule has 0 aliphatic rings. The molecule has 0 radical (unpaired) electrons. The predicted octanol–water partition coefficient (Wildman–Crippen LogP) is 5.18. The third-order valence-corrected chi connectivity index (χ3v) is 6.43. The Labute approximate surface area is 175 Å². The Hall–Kier alpha value is -1.89. The van der Waals surface area contributed by atoms with E-state index in [0.29, 0.717) is 12.1 Å². The molecule has 0 spiro atoms. The Morgan fingerprint density at radius 3 is 2.61 bits per heavy atom. The summed E-state index contributed by atoms with van der Waals surface area (Å²) >= 11 is 3.34. The molecule has 1 aromatic heterocycles. The van der Waals surface area contributed by atoms with Gasteiger partial charge in [0, 0.05) is 23.5 Å². The molecular formula is C22H27N3OS2. The third-order valence-electron chi connectivity index (χ3n) is 4.51. The number of fused-ring (bicyclic) bond motifs is 1. The molecule has 2 aromatic carbocycles. The summed E-state index contributed by atoms with van der Waals surface area (Å²) in [6.45, 7) is 5.65. The lowest BCUT2D eigenvalue weighted by atomic mass is 10.1. The Morgan fingerprint density at radius 1 is 1.11 bits per heavy atom. The summed E-state index contributed by atoms with van der Waals surface area (Å²) in [5, 5.41) is 0.774. The number of aryl methyl sites for hydroxylation is 1. The minimum Gasteiger partial charge on any atom is -0.308 e. The lowest BCUT2D eigenvalue weighted by Crippen LogP contribution is -2.36. The fraction of sp³-hybridized carbons (Fsp3) is 0.364. The number of anilines is 1. The predicted molar refractivity (Wildman–Crippen MR) is 122 cm³/mol. The first-order valence-electron chi connectivity index (χ1n) is 9.61. The van der Waals surface area contributed by atoms with E-state index in [4.69, 9.17) is 4.98 Å². The number of para-hydroxylation sites is 1. The normalized spacial score (nSPS) is 11.3. The van der Waals surface area contributed by atoms with Gasteiger partial charge >= 0.3 is 0 Å². The number of hydrogen-bond donors (Lipinski definition) is 0. The molecule has 0 N–H and O–H groups in total. The SMILES string of the molecule is CCSc1cccc(C(=O)N(CCN(C)C)c2nc3c(CC)cccc3s2)c1. The van der Waals surface area contributed by atoms with Crippen molar-refractivity contribution < 1.29 is 4.79 Å². The first kappa shape index (κ1) is 20.8. The van der Waals surface area contributed by atoms with Crippen LogP contribution in [0.3, 0.4) is 0 Å². The quantitative estimate of drug-likeness (QED) is 0.477. The molecule has 0 unspecified atom stereocenters. The molecule has 0 bridgehead atoms. The number of thiazole rings is 1. The van der Waals surface area contributed by atoms with Crippen LogP contribution in [0.4, 0.5) is 5.13 Å². The molecule has 3 rings (SSSR count). The van der Waals surface area contributed by atoms with Crippen molar-refractivity contribution in [2.45, 2.75) is 25.2 Å². The van der Waals surface area contributed by atoms with Gasteiger partial charge in [0.05, 0.1) is 10.2 Å². The minimum atomic E-state index is 0.0116. The van der Waals surface area contributed by atoms with Gasteiger partial charge in [0.25, 0.3) is 5.91 Å². The van der Waals surface area contributed by atoms with Crippen LogP contribution in [0.2, 0.25) is 0 Å². The fourth-order valence-corrected chi connectivity index (χ4v) is 4.78. The first-order valence-corrected chi connectivity index (χ1v) is 11.4. The molecule has 0 fully saturated rings. The highest BCUT2D eigenvalue weighted by molar-refractivity contribution is 7.99. The van der Waals surface area contributed by atoms with Crippen LogP contribution in [0, 0.1) is 0 Å². The molecular weight excluding hydrogens is 386 g/mol. The highest BCUT2D eigenvalue weighted by atomic mass is 32.2. The number of hydrogen-bond acceptors (Lipinski definition) is 5. The lowest BCUT2D eigenvalue weighted by Gasteiger charge is -2.22. The molecule has 28 heavy (non-hydrogen) atoms. The van der Waals surface area contributed by atoms with Crippen LogP contribution in [0.1, 0.15) is 29.8 Å². The van der Waals surface area contributed by atoms with Crippen molar-refractivity contribution in [1.82, 2.24) is 9.88 Å². The molecule has 3 aromatic rings. The van der Waals surface area contributed by atoms with Crippen LogP contribution in [-0.2, 0) is 6.42 Å². The summed E-state index contributed by atoms with van der Waals surface area (Å²) in [6.07, 6.45) is 0.933. The topological polar surface area (TPSA) is 36.4 Å². The lowest BCUT2D eigenvalue weighted by molar-refractivity contribution is 0.0985. The number of thioether (sulfide) groups is 1. The Balaban J connectivity index is 1.99.